The molecule has 0 bridgehead atoms. The molecule has 1 aliphatic heterocycles. The van der Waals surface area contributed by atoms with Gasteiger partial charge in [0, 0.05) is 24.0 Å². The first-order valence-corrected chi connectivity index (χ1v) is 7.89. The monoisotopic (exact) mass is 315 g/mol. The molecular formula is C16H17N3O2S. The fourth-order valence-electron chi connectivity index (χ4n) is 2.60. The van der Waals surface area contributed by atoms with Crippen molar-refractivity contribution in [2.75, 3.05) is 17.3 Å². The standard InChI is InChI=1S/C16H17N3O2S/c1-9-10(2)22-16(17-9)18-15(21)12-8-14(20)19(3)13-7-5-4-6-11(12)13/h4-7,12H,8H2,1-3H3,(H,17,18,21). The Morgan fingerprint density at radius 2 is 2.09 bits per heavy atom. The maximum atomic E-state index is 12.6. The molecule has 0 saturated carbocycles. The van der Waals surface area contributed by atoms with E-state index in [9.17, 15) is 9.59 Å². The number of aromatic nitrogens is 1. The van der Waals surface area contributed by atoms with Crippen molar-refractivity contribution in [1.82, 2.24) is 4.98 Å². The lowest BCUT2D eigenvalue weighted by Gasteiger charge is -2.30. The zero-order chi connectivity index (χ0) is 15.9. The molecule has 1 N–H and O–H groups in total. The Morgan fingerprint density at radius 1 is 1.36 bits per heavy atom. The normalized spacial score (nSPS) is 17.3. The Kier molecular flexibility index (Phi) is 3.70. The van der Waals surface area contributed by atoms with E-state index >= 15 is 0 Å². The number of thiazole rings is 1. The number of amides is 2. The van der Waals surface area contributed by atoms with Crippen LogP contribution in [-0.2, 0) is 9.59 Å². The minimum absolute atomic E-state index is 0.0506. The molecule has 6 heteroatoms. The molecule has 2 heterocycles. The van der Waals surface area contributed by atoms with Gasteiger partial charge in [-0.05, 0) is 25.5 Å². The van der Waals surface area contributed by atoms with Gasteiger partial charge in [0.15, 0.2) is 5.13 Å². The summed E-state index contributed by atoms with van der Waals surface area (Å²) < 4.78 is 0. The van der Waals surface area contributed by atoms with Crippen molar-refractivity contribution in [2.45, 2.75) is 26.2 Å². The molecule has 114 valence electrons. The Labute approximate surface area is 133 Å². The summed E-state index contributed by atoms with van der Waals surface area (Å²) in [6.07, 6.45) is 0.183. The molecule has 0 aliphatic carbocycles. The summed E-state index contributed by atoms with van der Waals surface area (Å²) in [5, 5.41) is 3.43. The van der Waals surface area contributed by atoms with Crippen LogP contribution in [-0.4, -0.2) is 23.8 Å². The quantitative estimate of drug-likeness (QED) is 0.927. The van der Waals surface area contributed by atoms with Gasteiger partial charge in [-0.15, -0.1) is 11.3 Å². The van der Waals surface area contributed by atoms with Crippen LogP contribution >= 0.6 is 11.3 Å². The highest BCUT2D eigenvalue weighted by Crippen LogP contribution is 2.36. The van der Waals surface area contributed by atoms with Crippen molar-refractivity contribution >= 4 is 34.0 Å². The molecule has 5 nitrogen and oxygen atoms in total. The van der Waals surface area contributed by atoms with Crippen LogP contribution in [0.1, 0.15) is 28.5 Å². The van der Waals surface area contributed by atoms with Crippen LogP contribution in [0, 0.1) is 13.8 Å². The number of benzene rings is 1. The third-order valence-corrected chi connectivity index (χ3v) is 4.99. The molecule has 3 rings (SSSR count). The lowest BCUT2D eigenvalue weighted by molar-refractivity contribution is -0.124. The topological polar surface area (TPSA) is 62.3 Å². The molecule has 2 amide bonds. The first-order valence-electron chi connectivity index (χ1n) is 7.07. The van der Waals surface area contributed by atoms with Gasteiger partial charge in [-0.25, -0.2) is 4.98 Å². The fourth-order valence-corrected chi connectivity index (χ4v) is 3.41. The lowest BCUT2D eigenvalue weighted by atomic mass is 9.89. The van der Waals surface area contributed by atoms with Crippen molar-refractivity contribution in [3.63, 3.8) is 0 Å². The number of anilines is 2. The average molecular weight is 315 g/mol. The first-order chi connectivity index (χ1) is 10.5. The number of nitrogens with one attached hydrogen (secondary N) is 1. The number of rotatable bonds is 2. The van der Waals surface area contributed by atoms with Crippen molar-refractivity contribution in [1.29, 1.82) is 0 Å². The molecule has 22 heavy (non-hydrogen) atoms. The van der Waals surface area contributed by atoms with E-state index in [0.29, 0.717) is 5.13 Å². The van der Waals surface area contributed by atoms with Gasteiger partial charge in [-0.2, -0.15) is 0 Å². The zero-order valence-corrected chi connectivity index (χ0v) is 13.5. The summed E-state index contributed by atoms with van der Waals surface area (Å²) in [5.41, 5.74) is 2.60. The summed E-state index contributed by atoms with van der Waals surface area (Å²) in [6.45, 7) is 3.88. The van der Waals surface area contributed by atoms with Crippen LogP contribution in [0.2, 0.25) is 0 Å². The van der Waals surface area contributed by atoms with Crippen LogP contribution in [0.3, 0.4) is 0 Å². The number of hydrogen-bond acceptors (Lipinski definition) is 4. The highest BCUT2D eigenvalue weighted by molar-refractivity contribution is 7.15. The number of para-hydroxylation sites is 1. The molecular weight excluding hydrogens is 298 g/mol. The second-order valence-corrected chi connectivity index (χ2v) is 6.62. The Hall–Kier alpha value is -2.21. The van der Waals surface area contributed by atoms with Gasteiger partial charge < -0.3 is 10.2 Å². The SMILES string of the molecule is Cc1nc(NC(=O)C2CC(=O)N(C)c3ccccc32)sc1C. The fraction of sp³-hybridized carbons (Fsp3) is 0.312. The van der Waals surface area contributed by atoms with Crippen LogP contribution in [0.15, 0.2) is 24.3 Å². The summed E-state index contributed by atoms with van der Waals surface area (Å²) >= 11 is 1.45. The lowest BCUT2D eigenvalue weighted by Crippen LogP contribution is -2.37. The van der Waals surface area contributed by atoms with Crippen molar-refractivity contribution in [3.05, 3.63) is 40.4 Å². The largest absolute Gasteiger partial charge is 0.315 e. The number of nitrogens with zero attached hydrogens (tertiary/aromatic N) is 2. The van der Waals surface area contributed by atoms with Crippen LogP contribution in [0.4, 0.5) is 10.8 Å². The van der Waals surface area contributed by atoms with E-state index in [-0.39, 0.29) is 18.2 Å². The maximum absolute atomic E-state index is 12.6. The van der Waals surface area contributed by atoms with Gasteiger partial charge in [0.1, 0.15) is 0 Å². The van der Waals surface area contributed by atoms with E-state index in [2.05, 4.69) is 10.3 Å². The van der Waals surface area contributed by atoms with Gasteiger partial charge in [-0.1, -0.05) is 18.2 Å². The van der Waals surface area contributed by atoms with E-state index in [0.717, 1.165) is 21.8 Å². The predicted molar refractivity (Wildman–Crippen MR) is 87.4 cm³/mol. The van der Waals surface area contributed by atoms with Crippen molar-refractivity contribution in [3.8, 4) is 0 Å². The van der Waals surface area contributed by atoms with Gasteiger partial charge in [0.2, 0.25) is 11.8 Å². The third kappa shape index (κ3) is 2.50. The minimum Gasteiger partial charge on any atom is -0.315 e. The van der Waals surface area contributed by atoms with Crippen LogP contribution < -0.4 is 10.2 Å². The summed E-state index contributed by atoms with van der Waals surface area (Å²) in [4.78, 5) is 31.7. The number of hydrogen-bond donors (Lipinski definition) is 1. The summed E-state index contributed by atoms with van der Waals surface area (Å²) in [5.74, 6) is -0.697. The molecule has 1 atom stereocenters. The van der Waals surface area contributed by atoms with E-state index < -0.39 is 5.92 Å². The Morgan fingerprint density at radius 3 is 2.77 bits per heavy atom. The minimum atomic E-state index is -0.468. The maximum Gasteiger partial charge on any atom is 0.234 e. The van der Waals surface area contributed by atoms with E-state index in [4.69, 9.17) is 0 Å². The number of carbonyl (C=O) groups is 2. The first kappa shape index (κ1) is 14.7. The molecule has 0 radical (unpaired) electrons. The molecule has 2 aromatic rings. The molecule has 0 saturated heterocycles. The second kappa shape index (κ2) is 5.53. The Balaban J connectivity index is 1.89. The van der Waals surface area contributed by atoms with E-state index in [1.165, 1.54) is 11.3 Å². The average Bonchev–Trinajstić information content (AvgIpc) is 2.81. The highest BCUT2D eigenvalue weighted by atomic mass is 32.1. The highest BCUT2D eigenvalue weighted by Gasteiger charge is 2.33. The van der Waals surface area contributed by atoms with Gasteiger partial charge in [0.05, 0.1) is 11.6 Å². The van der Waals surface area contributed by atoms with Crippen LogP contribution in [0.5, 0.6) is 0 Å². The number of fused-ring (bicyclic) bond motifs is 1. The van der Waals surface area contributed by atoms with E-state index in [1.54, 1.807) is 11.9 Å². The molecule has 1 aromatic heterocycles. The predicted octanol–water partition coefficient (Wildman–Crippen LogP) is 2.85. The third-order valence-electron chi connectivity index (χ3n) is 4.00. The van der Waals surface area contributed by atoms with Gasteiger partial charge in [-0.3, -0.25) is 9.59 Å². The summed E-state index contributed by atoms with van der Waals surface area (Å²) in [6, 6.07) is 7.53. The number of carbonyl (C=O) groups excluding carboxylic acids is 2. The molecule has 0 fully saturated rings. The molecule has 1 unspecified atom stereocenters. The molecule has 1 aromatic carbocycles. The second-order valence-electron chi connectivity index (χ2n) is 5.42. The zero-order valence-electron chi connectivity index (χ0n) is 12.7. The molecule has 0 spiro atoms. The summed E-state index contributed by atoms with van der Waals surface area (Å²) in [7, 11) is 1.74. The molecule has 1 aliphatic rings. The van der Waals surface area contributed by atoms with E-state index in [1.807, 2.05) is 38.1 Å². The van der Waals surface area contributed by atoms with Crippen molar-refractivity contribution < 1.29 is 9.59 Å². The van der Waals surface area contributed by atoms with Crippen molar-refractivity contribution in [2.24, 2.45) is 0 Å². The Bertz CT molecular complexity index is 734. The number of aryl methyl sites for hydroxylation is 2. The van der Waals surface area contributed by atoms with Gasteiger partial charge >= 0.3 is 0 Å². The smallest absolute Gasteiger partial charge is 0.234 e. The van der Waals surface area contributed by atoms with Gasteiger partial charge in [0.25, 0.3) is 0 Å². The van der Waals surface area contributed by atoms with Crippen LogP contribution in [0.25, 0.3) is 0 Å².